The van der Waals surface area contributed by atoms with Crippen molar-refractivity contribution in [2.24, 2.45) is 0 Å². The van der Waals surface area contributed by atoms with Crippen molar-refractivity contribution in [1.29, 1.82) is 0 Å². The second kappa shape index (κ2) is 2.77. The molecule has 0 aliphatic carbocycles. The molecule has 0 spiro atoms. The molecule has 0 aromatic carbocycles. The summed E-state index contributed by atoms with van der Waals surface area (Å²) in [6.07, 6.45) is 2.53. The number of hydrogen-bond acceptors (Lipinski definition) is 0. The summed E-state index contributed by atoms with van der Waals surface area (Å²) in [4.78, 5) is 0. The zero-order valence-corrected chi connectivity index (χ0v) is 7.24. The van der Waals surface area contributed by atoms with E-state index in [0.717, 1.165) is 0 Å². The molecular formula is C6H13As. The fourth-order valence-electron chi connectivity index (χ4n) is 0.250. The first-order valence-corrected chi connectivity index (χ1v) is 3.78. The van der Waals surface area contributed by atoms with E-state index >= 15 is 0 Å². The number of rotatable bonds is 2. The van der Waals surface area contributed by atoms with Crippen molar-refractivity contribution >= 4 is 16.9 Å². The summed E-state index contributed by atoms with van der Waals surface area (Å²) in [6, 6.07) is 0. The summed E-state index contributed by atoms with van der Waals surface area (Å²) in [7, 11) is 0. The molecule has 0 aliphatic heterocycles. The Morgan fingerprint density at radius 2 is 1.57 bits per heavy atom. The van der Waals surface area contributed by atoms with E-state index in [0.29, 0.717) is 4.20 Å². The van der Waals surface area contributed by atoms with Crippen LogP contribution in [0.3, 0.4) is 0 Å². The molecule has 0 amide bonds. The minimum atomic E-state index is 0.521. The molecule has 0 aliphatic rings. The summed E-state index contributed by atoms with van der Waals surface area (Å²) in [5, 5.41) is 0. The molecule has 0 bridgehead atoms. The Kier molecular flexibility index (Phi) is 2.99. The first kappa shape index (κ1) is 7.56. The van der Waals surface area contributed by atoms with Crippen LogP contribution in [0, 0.1) is 0 Å². The van der Waals surface area contributed by atoms with E-state index in [1.165, 1.54) is 12.8 Å². The van der Waals surface area contributed by atoms with Gasteiger partial charge in [-0.2, -0.15) is 0 Å². The summed E-state index contributed by atoms with van der Waals surface area (Å²) in [5.41, 5.74) is 0. The molecule has 42 valence electrons. The molecule has 0 fully saturated rings. The van der Waals surface area contributed by atoms with Crippen molar-refractivity contribution in [3.05, 3.63) is 0 Å². The van der Waals surface area contributed by atoms with Crippen molar-refractivity contribution < 1.29 is 0 Å². The summed E-state index contributed by atoms with van der Waals surface area (Å²) in [5.74, 6) is 0. The molecule has 0 unspecified atom stereocenters. The molecule has 0 rings (SSSR count). The Labute approximate surface area is 55.2 Å². The van der Waals surface area contributed by atoms with Gasteiger partial charge in [0.1, 0.15) is 0 Å². The first-order chi connectivity index (χ1) is 3.12. The van der Waals surface area contributed by atoms with E-state index < -0.39 is 0 Å². The van der Waals surface area contributed by atoms with Gasteiger partial charge in [0.2, 0.25) is 0 Å². The predicted molar refractivity (Wildman–Crippen MR) is 34.7 cm³/mol. The van der Waals surface area contributed by atoms with Crippen LogP contribution in [0.4, 0.5) is 0 Å². The third kappa shape index (κ3) is 3.17. The van der Waals surface area contributed by atoms with Gasteiger partial charge in [-0.25, -0.2) is 0 Å². The molecule has 0 nitrogen and oxygen atoms in total. The quantitative estimate of drug-likeness (QED) is 0.543. The van der Waals surface area contributed by atoms with E-state index in [-0.39, 0.29) is 0 Å². The summed E-state index contributed by atoms with van der Waals surface area (Å²) in [6.45, 7) is 6.72. The maximum atomic E-state index is 2.73. The third-order valence-corrected chi connectivity index (χ3v) is 2.85. The number of hydrogen-bond donors (Lipinski definition) is 0. The van der Waals surface area contributed by atoms with Gasteiger partial charge in [-0.05, 0) is 0 Å². The Morgan fingerprint density at radius 1 is 1.29 bits per heavy atom. The zero-order valence-electron chi connectivity index (χ0n) is 5.36. The van der Waals surface area contributed by atoms with Crippen LogP contribution >= 0.6 is 0 Å². The molecule has 0 saturated carbocycles. The second-order valence-corrected chi connectivity index (χ2v) is 4.47. The standard InChI is InChI=1S/C6H13As/c1-4-6(3,7)5-2/h4-5H2,1-3H3. The van der Waals surface area contributed by atoms with E-state index in [1.807, 2.05) is 0 Å². The van der Waals surface area contributed by atoms with E-state index in [4.69, 9.17) is 0 Å². The molecule has 0 N–H and O–H groups in total. The maximum absolute atomic E-state index is 2.73. The topological polar surface area (TPSA) is 0 Å². The van der Waals surface area contributed by atoms with Crippen LogP contribution in [0.25, 0.3) is 0 Å². The molecule has 0 aromatic heterocycles. The Bertz CT molecular complexity index is 42.1. The van der Waals surface area contributed by atoms with Gasteiger partial charge in [0.25, 0.3) is 0 Å². The summed E-state index contributed by atoms with van der Waals surface area (Å²) < 4.78 is 0.521. The van der Waals surface area contributed by atoms with E-state index in [9.17, 15) is 0 Å². The van der Waals surface area contributed by atoms with Gasteiger partial charge in [0.05, 0.1) is 0 Å². The monoisotopic (exact) mass is 160 g/mol. The first-order valence-electron chi connectivity index (χ1n) is 2.84. The van der Waals surface area contributed by atoms with Crippen LogP contribution in [-0.4, -0.2) is 16.9 Å². The van der Waals surface area contributed by atoms with E-state index in [2.05, 4.69) is 37.6 Å². The van der Waals surface area contributed by atoms with Crippen molar-refractivity contribution in [3.8, 4) is 0 Å². The summed E-state index contributed by atoms with van der Waals surface area (Å²) >= 11 is 2.73. The van der Waals surface area contributed by atoms with Gasteiger partial charge >= 0.3 is 54.7 Å². The molecule has 2 radical (unpaired) electrons. The van der Waals surface area contributed by atoms with Gasteiger partial charge in [-0.3, -0.25) is 0 Å². The normalized spacial score (nSPS) is 12.0. The van der Waals surface area contributed by atoms with Crippen LogP contribution in [0.2, 0.25) is 4.20 Å². The fraction of sp³-hybridized carbons (Fsp3) is 1.00. The van der Waals surface area contributed by atoms with Gasteiger partial charge in [-0.1, -0.05) is 0 Å². The average molecular weight is 160 g/mol. The van der Waals surface area contributed by atoms with Crippen LogP contribution in [0.5, 0.6) is 0 Å². The van der Waals surface area contributed by atoms with Gasteiger partial charge in [0, 0.05) is 0 Å². The third-order valence-electron chi connectivity index (χ3n) is 1.52. The van der Waals surface area contributed by atoms with Crippen molar-refractivity contribution in [2.75, 3.05) is 0 Å². The van der Waals surface area contributed by atoms with Crippen LogP contribution in [0.1, 0.15) is 33.6 Å². The fourth-order valence-corrected chi connectivity index (χ4v) is 0.250. The Morgan fingerprint density at radius 3 is 1.57 bits per heavy atom. The van der Waals surface area contributed by atoms with Gasteiger partial charge in [0.15, 0.2) is 0 Å². The molecule has 0 heterocycles. The predicted octanol–water partition coefficient (Wildman–Crippen LogP) is 2.15. The Balaban J connectivity index is 3.36. The average Bonchev–Trinajstić information content (AvgIpc) is 1.68. The molecular weight excluding hydrogens is 147 g/mol. The molecule has 7 heavy (non-hydrogen) atoms. The van der Waals surface area contributed by atoms with Crippen LogP contribution < -0.4 is 0 Å². The molecule has 1 heteroatoms. The minimum absolute atomic E-state index is 0.521. The molecule has 0 saturated heterocycles. The van der Waals surface area contributed by atoms with E-state index in [1.54, 1.807) is 0 Å². The van der Waals surface area contributed by atoms with Crippen molar-refractivity contribution in [1.82, 2.24) is 0 Å². The SMILES string of the molecule is CCC(C)([As])CC. The second-order valence-electron chi connectivity index (χ2n) is 2.20. The zero-order chi connectivity index (χ0) is 5.91. The van der Waals surface area contributed by atoms with Crippen LogP contribution in [0.15, 0.2) is 0 Å². The van der Waals surface area contributed by atoms with Crippen molar-refractivity contribution in [2.45, 2.75) is 37.8 Å². The molecule has 0 aromatic rings. The van der Waals surface area contributed by atoms with Crippen molar-refractivity contribution in [3.63, 3.8) is 0 Å². The van der Waals surface area contributed by atoms with Gasteiger partial charge in [-0.15, -0.1) is 0 Å². The Hall–Kier alpha value is 0.558. The molecule has 0 atom stereocenters. The van der Waals surface area contributed by atoms with Crippen LogP contribution in [-0.2, 0) is 0 Å². The van der Waals surface area contributed by atoms with Gasteiger partial charge < -0.3 is 0 Å².